The molecule has 0 bridgehead atoms. The molecule has 1 unspecified atom stereocenters. The van der Waals surface area contributed by atoms with Gasteiger partial charge in [0.1, 0.15) is 11.9 Å². The molecule has 1 saturated heterocycles. The van der Waals surface area contributed by atoms with Crippen LogP contribution in [-0.2, 0) is 4.79 Å². The first kappa shape index (κ1) is 16.6. The van der Waals surface area contributed by atoms with Gasteiger partial charge in [-0.1, -0.05) is 0 Å². The molecule has 26 heavy (non-hydrogen) atoms. The van der Waals surface area contributed by atoms with E-state index in [1.54, 1.807) is 18.2 Å². The number of fused-ring (bicyclic) bond motifs is 1. The van der Waals surface area contributed by atoms with Gasteiger partial charge in [-0.3, -0.25) is 4.79 Å². The lowest BCUT2D eigenvalue weighted by Crippen LogP contribution is -2.40. The maximum absolute atomic E-state index is 12.8. The quantitative estimate of drug-likeness (QED) is 0.664. The Morgan fingerprint density at radius 1 is 1.35 bits per heavy atom. The average molecular weight is 420 g/mol. The van der Waals surface area contributed by atoms with Crippen molar-refractivity contribution in [1.82, 2.24) is 19.5 Å². The number of hydrogen-bond acceptors (Lipinski definition) is 6. The average Bonchev–Trinajstić information content (AvgIpc) is 3.32. The Labute approximate surface area is 155 Å². The lowest BCUT2D eigenvalue weighted by molar-refractivity contribution is -0.141. The van der Waals surface area contributed by atoms with Crippen molar-refractivity contribution in [3.8, 4) is 11.6 Å². The van der Waals surface area contributed by atoms with Gasteiger partial charge in [-0.05, 0) is 53.0 Å². The van der Waals surface area contributed by atoms with Gasteiger partial charge in [0.2, 0.25) is 5.82 Å². The van der Waals surface area contributed by atoms with Gasteiger partial charge in [-0.15, -0.1) is 5.10 Å². The summed E-state index contributed by atoms with van der Waals surface area (Å²) in [5.74, 6) is -0.372. The zero-order valence-electron chi connectivity index (χ0n) is 13.4. The first-order valence-corrected chi connectivity index (χ1v) is 8.69. The second-order valence-corrected chi connectivity index (χ2v) is 6.75. The van der Waals surface area contributed by atoms with E-state index in [1.807, 2.05) is 0 Å². The van der Waals surface area contributed by atoms with Gasteiger partial charge in [-0.2, -0.15) is 4.52 Å². The van der Waals surface area contributed by atoms with Crippen molar-refractivity contribution in [3.05, 3.63) is 34.5 Å². The first-order valence-electron chi connectivity index (χ1n) is 7.90. The molecule has 1 aliphatic heterocycles. The number of pyridine rings is 1. The van der Waals surface area contributed by atoms with Crippen molar-refractivity contribution >= 4 is 39.3 Å². The Bertz CT molecular complexity index is 1030. The normalized spacial score (nSPS) is 17.1. The van der Waals surface area contributed by atoms with Crippen LogP contribution in [0.15, 0.2) is 33.4 Å². The van der Waals surface area contributed by atoms with Gasteiger partial charge in [-0.25, -0.2) is 9.78 Å². The minimum atomic E-state index is -1.00. The predicted molar refractivity (Wildman–Crippen MR) is 94.5 cm³/mol. The van der Waals surface area contributed by atoms with Crippen molar-refractivity contribution in [2.24, 2.45) is 0 Å². The van der Waals surface area contributed by atoms with Crippen molar-refractivity contribution in [1.29, 1.82) is 0 Å². The summed E-state index contributed by atoms with van der Waals surface area (Å²) in [6.45, 7) is 0.402. The molecule has 4 rings (SSSR count). The fourth-order valence-electron chi connectivity index (χ4n) is 3.10. The second kappa shape index (κ2) is 6.13. The number of nitrogens with zero attached hydrogens (tertiary/aromatic N) is 4. The number of halogens is 1. The van der Waals surface area contributed by atoms with Crippen molar-refractivity contribution in [2.45, 2.75) is 18.9 Å². The highest BCUT2D eigenvalue weighted by atomic mass is 79.9. The number of carboxylic acid groups (broad SMARTS) is 1. The van der Waals surface area contributed by atoms with E-state index in [0.29, 0.717) is 41.3 Å². The third kappa shape index (κ3) is 2.71. The molecule has 10 heteroatoms. The van der Waals surface area contributed by atoms with Crippen LogP contribution >= 0.6 is 15.9 Å². The fourth-order valence-corrected chi connectivity index (χ4v) is 3.41. The number of anilines is 1. The number of carboxylic acids is 1. The van der Waals surface area contributed by atoms with E-state index in [4.69, 9.17) is 10.2 Å². The highest BCUT2D eigenvalue weighted by molar-refractivity contribution is 9.10. The Hall–Kier alpha value is -2.88. The van der Waals surface area contributed by atoms with E-state index in [2.05, 4.69) is 26.0 Å². The van der Waals surface area contributed by atoms with Gasteiger partial charge < -0.3 is 20.2 Å². The minimum absolute atomic E-state index is 0.223. The number of carbonyl (C=O) groups is 2. The van der Waals surface area contributed by atoms with Crippen LogP contribution < -0.4 is 5.73 Å². The molecule has 1 fully saturated rings. The number of aliphatic carboxylic acids is 1. The Kier molecular flexibility index (Phi) is 3.91. The Morgan fingerprint density at radius 2 is 2.15 bits per heavy atom. The summed E-state index contributed by atoms with van der Waals surface area (Å²) in [4.78, 5) is 29.8. The minimum Gasteiger partial charge on any atom is -0.480 e. The largest absolute Gasteiger partial charge is 0.480 e. The van der Waals surface area contributed by atoms with E-state index in [1.165, 1.54) is 15.5 Å². The molecule has 1 amide bonds. The molecule has 3 N–H and O–H groups in total. The number of nitrogens with two attached hydrogens (primary N) is 1. The number of rotatable bonds is 3. The van der Waals surface area contributed by atoms with Crippen LogP contribution in [0.2, 0.25) is 0 Å². The lowest BCUT2D eigenvalue weighted by atomic mass is 10.2. The summed E-state index contributed by atoms with van der Waals surface area (Å²) < 4.78 is 7.38. The van der Waals surface area contributed by atoms with Gasteiger partial charge in [0.15, 0.2) is 16.1 Å². The molecular weight excluding hydrogens is 406 g/mol. The molecule has 1 aliphatic rings. The predicted octanol–water partition coefficient (Wildman–Crippen LogP) is 2.02. The molecule has 0 aromatic carbocycles. The Balaban J connectivity index is 1.72. The van der Waals surface area contributed by atoms with Crippen molar-refractivity contribution < 1.29 is 19.1 Å². The zero-order valence-corrected chi connectivity index (χ0v) is 15.0. The van der Waals surface area contributed by atoms with Crippen molar-refractivity contribution in [2.75, 3.05) is 12.3 Å². The summed E-state index contributed by atoms with van der Waals surface area (Å²) in [6, 6.07) is 5.64. The molecule has 3 aromatic rings. The van der Waals surface area contributed by atoms with Gasteiger partial charge in [0, 0.05) is 12.1 Å². The smallest absolute Gasteiger partial charge is 0.326 e. The van der Waals surface area contributed by atoms with Gasteiger partial charge in [0.05, 0.1) is 0 Å². The van der Waals surface area contributed by atoms with Gasteiger partial charge in [0.25, 0.3) is 5.91 Å². The third-order valence-corrected chi connectivity index (χ3v) is 4.73. The van der Waals surface area contributed by atoms with Crippen LogP contribution in [0.5, 0.6) is 0 Å². The molecule has 1 atom stereocenters. The topological polar surface area (TPSA) is 127 Å². The highest BCUT2D eigenvalue weighted by Gasteiger charge is 2.34. The highest BCUT2D eigenvalue weighted by Crippen LogP contribution is 2.25. The monoisotopic (exact) mass is 419 g/mol. The van der Waals surface area contributed by atoms with Crippen LogP contribution in [0.25, 0.3) is 17.2 Å². The summed E-state index contributed by atoms with van der Waals surface area (Å²) in [6.07, 6.45) is 1.10. The van der Waals surface area contributed by atoms with E-state index >= 15 is 0 Å². The number of hydrogen-bond donors (Lipinski definition) is 2. The van der Waals surface area contributed by atoms with Crippen LogP contribution in [0.3, 0.4) is 0 Å². The third-order valence-electron chi connectivity index (χ3n) is 4.30. The van der Waals surface area contributed by atoms with Crippen LogP contribution in [0.1, 0.15) is 23.2 Å². The molecule has 0 spiro atoms. The number of carbonyl (C=O) groups excluding carboxylic acids is 1. The Morgan fingerprint density at radius 3 is 2.85 bits per heavy atom. The lowest BCUT2D eigenvalue weighted by Gasteiger charge is -2.21. The molecular formula is C16H14BrN5O4. The van der Waals surface area contributed by atoms with E-state index in [-0.39, 0.29) is 17.3 Å². The van der Waals surface area contributed by atoms with Crippen LogP contribution in [0, 0.1) is 0 Å². The number of aromatic nitrogens is 3. The molecule has 4 heterocycles. The van der Waals surface area contributed by atoms with Crippen molar-refractivity contribution in [3.63, 3.8) is 0 Å². The summed E-state index contributed by atoms with van der Waals surface area (Å²) in [7, 11) is 0. The first-order chi connectivity index (χ1) is 12.4. The fraction of sp³-hybridized carbons (Fsp3) is 0.250. The summed E-state index contributed by atoms with van der Waals surface area (Å²) in [5.41, 5.74) is 6.68. The molecule has 0 radical (unpaired) electrons. The van der Waals surface area contributed by atoms with E-state index < -0.39 is 12.0 Å². The number of furan rings is 1. The zero-order chi connectivity index (χ0) is 18.4. The van der Waals surface area contributed by atoms with E-state index in [0.717, 1.165) is 0 Å². The number of nitrogen functional groups attached to an aromatic ring is 1. The van der Waals surface area contributed by atoms with E-state index in [9.17, 15) is 14.7 Å². The number of likely N-dealkylation sites (tertiary alicyclic amines) is 1. The summed E-state index contributed by atoms with van der Waals surface area (Å²) in [5, 5.41) is 13.6. The standard InChI is InChI=1S/C16H14BrN5O4/c17-11-4-3-10(26-11)14-19-13-7-8(6-12(18)22(13)20-14)15(23)21-5-1-2-9(21)16(24)25/h3-4,6-7,9H,1-2,5,18H2,(H,24,25). The number of amides is 1. The maximum atomic E-state index is 12.8. The van der Waals surface area contributed by atoms with Crippen LogP contribution in [-0.4, -0.2) is 49.1 Å². The summed E-state index contributed by atoms with van der Waals surface area (Å²) >= 11 is 3.22. The molecule has 134 valence electrons. The van der Waals surface area contributed by atoms with Crippen LogP contribution in [0.4, 0.5) is 5.82 Å². The molecule has 9 nitrogen and oxygen atoms in total. The molecule has 3 aromatic heterocycles. The molecule has 0 aliphatic carbocycles. The maximum Gasteiger partial charge on any atom is 0.326 e. The van der Waals surface area contributed by atoms with Gasteiger partial charge >= 0.3 is 5.97 Å². The second-order valence-electron chi connectivity index (χ2n) is 5.97. The molecule has 0 saturated carbocycles. The SMILES string of the molecule is Nc1cc(C(=O)N2CCCC2C(=O)O)cc2nc(-c3ccc(Br)o3)nn12.